The molecule has 0 saturated heterocycles. The summed E-state index contributed by atoms with van der Waals surface area (Å²) in [6.07, 6.45) is 0.712. The van der Waals surface area contributed by atoms with E-state index in [2.05, 4.69) is 5.32 Å². The number of rotatable bonds is 6. The standard InChI is InChI=1S/C20H20N2O3/c1-14(15-8-3-2-4-9-15)21-18(23)12-7-13-22-19(24)16-10-5-6-11-17(16)20(22)25/h2-6,8-11,14H,7,12-13H2,1H3,(H,21,23)/t14-/m0/s1. The molecule has 3 amide bonds. The summed E-state index contributed by atoms with van der Waals surface area (Å²) in [4.78, 5) is 37.8. The van der Waals surface area contributed by atoms with E-state index in [-0.39, 0.29) is 36.7 Å². The molecule has 2 aromatic carbocycles. The molecule has 128 valence electrons. The molecule has 1 heterocycles. The molecule has 1 aliphatic heterocycles. The molecule has 5 nitrogen and oxygen atoms in total. The molecule has 25 heavy (non-hydrogen) atoms. The number of benzene rings is 2. The van der Waals surface area contributed by atoms with E-state index in [9.17, 15) is 14.4 Å². The summed E-state index contributed by atoms with van der Waals surface area (Å²) in [6.45, 7) is 2.18. The van der Waals surface area contributed by atoms with Crippen LogP contribution in [-0.4, -0.2) is 29.2 Å². The van der Waals surface area contributed by atoms with Crippen LogP contribution >= 0.6 is 0 Å². The molecule has 1 atom stereocenters. The monoisotopic (exact) mass is 336 g/mol. The molecule has 0 unspecified atom stereocenters. The SMILES string of the molecule is C[C@H](NC(=O)CCCN1C(=O)c2ccccc2C1=O)c1ccccc1. The van der Waals surface area contributed by atoms with E-state index in [1.54, 1.807) is 24.3 Å². The number of nitrogens with one attached hydrogen (secondary N) is 1. The lowest BCUT2D eigenvalue weighted by Crippen LogP contribution is -2.32. The Hall–Kier alpha value is -2.95. The van der Waals surface area contributed by atoms with E-state index in [1.807, 2.05) is 37.3 Å². The van der Waals surface area contributed by atoms with Crippen molar-refractivity contribution < 1.29 is 14.4 Å². The minimum absolute atomic E-state index is 0.0759. The average molecular weight is 336 g/mol. The van der Waals surface area contributed by atoms with Crippen molar-refractivity contribution in [3.63, 3.8) is 0 Å². The van der Waals surface area contributed by atoms with Crippen LogP contribution in [-0.2, 0) is 4.79 Å². The average Bonchev–Trinajstić information content (AvgIpc) is 2.87. The van der Waals surface area contributed by atoms with Crippen molar-refractivity contribution >= 4 is 17.7 Å². The van der Waals surface area contributed by atoms with E-state index >= 15 is 0 Å². The molecule has 0 radical (unpaired) electrons. The second-order valence-corrected chi connectivity index (χ2v) is 6.11. The molecular weight excluding hydrogens is 316 g/mol. The molecule has 1 N–H and O–H groups in total. The number of fused-ring (bicyclic) bond motifs is 1. The molecule has 0 aliphatic carbocycles. The maximum atomic E-state index is 12.3. The molecule has 0 aromatic heterocycles. The van der Waals surface area contributed by atoms with Crippen LogP contribution in [0.5, 0.6) is 0 Å². The highest BCUT2D eigenvalue weighted by Gasteiger charge is 2.34. The highest BCUT2D eigenvalue weighted by molar-refractivity contribution is 6.21. The molecule has 5 heteroatoms. The van der Waals surface area contributed by atoms with Crippen molar-refractivity contribution in [3.05, 3.63) is 71.3 Å². The molecule has 2 aromatic rings. The third-order valence-corrected chi connectivity index (χ3v) is 4.34. The van der Waals surface area contributed by atoms with Gasteiger partial charge >= 0.3 is 0 Å². The zero-order valence-corrected chi connectivity index (χ0v) is 14.1. The lowest BCUT2D eigenvalue weighted by atomic mass is 10.1. The summed E-state index contributed by atoms with van der Waals surface area (Å²) >= 11 is 0. The Balaban J connectivity index is 1.50. The number of nitrogens with zero attached hydrogens (tertiary/aromatic N) is 1. The van der Waals surface area contributed by atoms with Crippen LogP contribution in [0, 0.1) is 0 Å². The fourth-order valence-corrected chi connectivity index (χ4v) is 2.98. The van der Waals surface area contributed by atoms with Gasteiger partial charge in [-0.3, -0.25) is 19.3 Å². The molecule has 0 bridgehead atoms. The molecule has 3 rings (SSSR count). The minimum Gasteiger partial charge on any atom is -0.350 e. The highest BCUT2D eigenvalue weighted by atomic mass is 16.2. The van der Waals surface area contributed by atoms with Gasteiger partial charge in [0, 0.05) is 13.0 Å². The van der Waals surface area contributed by atoms with Crippen molar-refractivity contribution in [3.8, 4) is 0 Å². The van der Waals surface area contributed by atoms with Gasteiger partial charge in [-0.15, -0.1) is 0 Å². The first kappa shape index (κ1) is 16.9. The number of carbonyl (C=O) groups excluding carboxylic acids is 3. The first-order chi connectivity index (χ1) is 12.1. The number of carbonyl (C=O) groups is 3. The van der Waals surface area contributed by atoms with Crippen LogP contribution in [0.15, 0.2) is 54.6 Å². The summed E-state index contributed by atoms with van der Waals surface area (Å²) in [7, 11) is 0. The van der Waals surface area contributed by atoms with Gasteiger partial charge in [0.05, 0.1) is 17.2 Å². The maximum Gasteiger partial charge on any atom is 0.261 e. The Morgan fingerprint density at radius 1 is 0.960 bits per heavy atom. The summed E-state index contributed by atoms with van der Waals surface area (Å²) in [5.41, 5.74) is 1.92. The lowest BCUT2D eigenvalue weighted by Gasteiger charge is -2.16. The lowest BCUT2D eigenvalue weighted by molar-refractivity contribution is -0.121. The third kappa shape index (κ3) is 3.60. The van der Waals surface area contributed by atoms with Gasteiger partial charge in [0.1, 0.15) is 0 Å². The number of hydrogen-bond donors (Lipinski definition) is 1. The van der Waals surface area contributed by atoms with Crippen LogP contribution in [0.3, 0.4) is 0 Å². The molecule has 1 aliphatic rings. The predicted molar refractivity (Wildman–Crippen MR) is 94.0 cm³/mol. The van der Waals surface area contributed by atoms with Crippen molar-refractivity contribution in [2.24, 2.45) is 0 Å². The predicted octanol–water partition coefficient (Wildman–Crippen LogP) is 2.94. The second kappa shape index (κ2) is 7.30. The molecular formula is C20H20N2O3. The normalized spacial score (nSPS) is 14.4. The van der Waals surface area contributed by atoms with Crippen LogP contribution in [0.2, 0.25) is 0 Å². The van der Waals surface area contributed by atoms with E-state index in [4.69, 9.17) is 0 Å². The number of imide groups is 1. The van der Waals surface area contributed by atoms with Crippen molar-refractivity contribution in [2.45, 2.75) is 25.8 Å². The van der Waals surface area contributed by atoms with Crippen LogP contribution in [0.4, 0.5) is 0 Å². The van der Waals surface area contributed by atoms with Gasteiger partial charge < -0.3 is 5.32 Å². The highest BCUT2D eigenvalue weighted by Crippen LogP contribution is 2.22. The van der Waals surface area contributed by atoms with Crippen molar-refractivity contribution in [1.29, 1.82) is 0 Å². The number of amides is 3. The second-order valence-electron chi connectivity index (χ2n) is 6.11. The Morgan fingerprint density at radius 2 is 1.52 bits per heavy atom. The summed E-state index contributed by atoms with van der Waals surface area (Å²) in [5.74, 6) is -0.648. The Labute approximate surface area is 146 Å². The van der Waals surface area contributed by atoms with E-state index in [1.165, 1.54) is 4.90 Å². The van der Waals surface area contributed by atoms with Gasteiger partial charge in [0.2, 0.25) is 5.91 Å². The third-order valence-electron chi connectivity index (χ3n) is 4.34. The van der Waals surface area contributed by atoms with Gasteiger partial charge in [-0.2, -0.15) is 0 Å². The fourth-order valence-electron chi connectivity index (χ4n) is 2.98. The quantitative estimate of drug-likeness (QED) is 0.825. The topological polar surface area (TPSA) is 66.5 Å². The zero-order chi connectivity index (χ0) is 17.8. The van der Waals surface area contributed by atoms with Crippen LogP contribution in [0.1, 0.15) is 52.1 Å². The summed E-state index contributed by atoms with van der Waals surface area (Å²) in [5, 5.41) is 2.93. The van der Waals surface area contributed by atoms with E-state index in [0.29, 0.717) is 17.5 Å². The summed E-state index contributed by atoms with van der Waals surface area (Å²) < 4.78 is 0. The van der Waals surface area contributed by atoms with Gasteiger partial charge in [-0.25, -0.2) is 0 Å². The maximum absolute atomic E-state index is 12.3. The zero-order valence-electron chi connectivity index (χ0n) is 14.1. The molecule has 0 saturated carbocycles. The number of hydrogen-bond acceptors (Lipinski definition) is 3. The first-order valence-corrected chi connectivity index (χ1v) is 8.37. The van der Waals surface area contributed by atoms with E-state index in [0.717, 1.165) is 5.56 Å². The smallest absolute Gasteiger partial charge is 0.261 e. The summed E-state index contributed by atoms with van der Waals surface area (Å²) in [6, 6.07) is 16.4. The van der Waals surface area contributed by atoms with Gasteiger partial charge in [0.15, 0.2) is 0 Å². The van der Waals surface area contributed by atoms with Crippen molar-refractivity contribution in [2.75, 3.05) is 6.54 Å². The van der Waals surface area contributed by atoms with Gasteiger partial charge in [-0.05, 0) is 31.0 Å². The van der Waals surface area contributed by atoms with Crippen LogP contribution < -0.4 is 5.32 Å². The van der Waals surface area contributed by atoms with Gasteiger partial charge in [0.25, 0.3) is 11.8 Å². The molecule has 0 fully saturated rings. The largest absolute Gasteiger partial charge is 0.350 e. The molecule has 0 spiro atoms. The van der Waals surface area contributed by atoms with Gasteiger partial charge in [-0.1, -0.05) is 42.5 Å². The Bertz CT molecular complexity index is 767. The Kier molecular flexibility index (Phi) is 4.93. The minimum atomic E-state index is -0.279. The van der Waals surface area contributed by atoms with Crippen LogP contribution in [0.25, 0.3) is 0 Å². The Morgan fingerprint density at radius 3 is 2.12 bits per heavy atom. The fraction of sp³-hybridized carbons (Fsp3) is 0.250. The van der Waals surface area contributed by atoms with Crippen molar-refractivity contribution in [1.82, 2.24) is 10.2 Å². The van der Waals surface area contributed by atoms with E-state index < -0.39 is 0 Å². The first-order valence-electron chi connectivity index (χ1n) is 8.37.